The molecule has 0 aliphatic carbocycles. The molecule has 0 fully saturated rings. The van der Waals surface area contributed by atoms with E-state index in [1.807, 2.05) is 0 Å². The number of carboxylic acid groups (broad SMARTS) is 1. The molecule has 0 aromatic heterocycles. The van der Waals surface area contributed by atoms with Gasteiger partial charge in [0.15, 0.2) is 0 Å². The number of nitrogens with zero attached hydrogens (tertiary/aromatic N) is 1. The molecular weight excluding hydrogens is 330 g/mol. The highest BCUT2D eigenvalue weighted by atomic mass is 32.2. The van der Waals surface area contributed by atoms with E-state index in [1.54, 1.807) is 36.4 Å². The topological polar surface area (TPSA) is 91.8 Å². The second-order valence-corrected chi connectivity index (χ2v) is 7.00. The molecule has 0 aliphatic rings. The number of hydrogen-bond donors (Lipinski definition) is 1. The van der Waals surface area contributed by atoms with E-state index in [9.17, 15) is 23.1 Å². The number of carbonyl (C=O) groups is 2. The van der Waals surface area contributed by atoms with E-state index >= 15 is 0 Å². The van der Waals surface area contributed by atoms with Gasteiger partial charge in [-0.3, -0.25) is 0 Å². The van der Waals surface area contributed by atoms with E-state index in [1.165, 1.54) is 24.3 Å². The molecule has 24 heavy (non-hydrogen) atoms. The minimum Gasteiger partial charge on any atom is -0.464 e. The van der Waals surface area contributed by atoms with Gasteiger partial charge in [-0.05, 0) is 17.7 Å². The molecule has 2 aromatic rings. The summed E-state index contributed by atoms with van der Waals surface area (Å²) in [6, 6.07) is 16.1. The number of aldehydes is 1. The third-order valence-electron chi connectivity index (χ3n) is 3.58. The molecule has 0 bridgehead atoms. The van der Waals surface area contributed by atoms with Gasteiger partial charge in [-0.1, -0.05) is 48.5 Å². The van der Waals surface area contributed by atoms with Crippen LogP contribution in [0.5, 0.6) is 0 Å². The molecule has 2 rings (SSSR count). The summed E-state index contributed by atoms with van der Waals surface area (Å²) in [5.74, 6) is -0.543. The maximum atomic E-state index is 12.6. The highest BCUT2D eigenvalue weighted by Gasteiger charge is 2.31. The van der Waals surface area contributed by atoms with Crippen molar-refractivity contribution in [2.45, 2.75) is 17.2 Å². The van der Waals surface area contributed by atoms with Crippen LogP contribution in [0.15, 0.2) is 65.6 Å². The smallest absolute Gasteiger partial charge is 0.421 e. The van der Waals surface area contributed by atoms with Crippen LogP contribution >= 0.6 is 0 Å². The fourth-order valence-electron chi connectivity index (χ4n) is 2.36. The molecule has 1 unspecified atom stereocenters. The Balaban J connectivity index is 2.37. The number of hydrogen-bond acceptors (Lipinski definition) is 4. The van der Waals surface area contributed by atoms with Crippen LogP contribution in [0, 0.1) is 0 Å². The Labute approximate surface area is 140 Å². The van der Waals surface area contributed by atoms with Crippen molar-refractivity contribution in [3.05, 3.63) is 66.2 Å². The summed E-state index contributed by atoms with van der Waals surface area (Å²) in [7, 11) is -4.20. The van der Waals surface area contributed by atoms with Crippen molar-refractivity contribution in [1.29, 1.82) is 0 Å². The Morgan fingerprint density at radius 2 is 1.58 bits per heavy atom. The quantitative estimate of drug-likeness (QED) is 0.778. The third kappa shape index (κ3) is 3.99. The van der Waals surface area contributed by atoms with Gasteiger partial charge in [-0.25, -0.2) is 13.2 Å². The van der Waals surface area contributed by atoms with Crippen molar-refractivity contribution >= 4 is 22.4 Å². The van der Waals surface area contributed by atoms with Gasteiger partial charge in [0.1, 0.15) is 6.29 Å². The van der Waals surface area contributed by atoms with E-state index < -0.39 is 22.0 Å². The lowest BCUT2D eigenvalue weighted by molar-refractivity contribution is -0.108. The summed E-state index contributed by atoms with van der Waals surface area (Å²) in [6.45, 7) is -0.324. The van der Waals surface area contributed by atoms with Crippen LogP contribution in [-0.4, -0.2) is 36.8 Å². The molecule has 7 heteroatoms. The monoisotopic (exact) mass is 347 g/mol. The molecule has 126 valence electrons. The number of amides is 1. The van der Waals surface area contributed by atoms with Crippen LogP contribution < -0.4 is 0 Å². The van der Waals surface area contributed by atoms with E-state index in [0.717, 1.165) is 0 Å². The summed E-state index contributed by atoms with van der Waals surface area (Å²) in [5.41, 5.74) is 0.708. The van der Waals surface area contributed by atoms with Crippen LogP contribution in [0.4, 0.5) is 4.79 Å². The first kappa shape index (κ1) is 17.7. The first-order valence-corrected chi connectivity index (χ1v) is 8.70. The average Bonchev–Trinajstić information content (AvgIpc) is 2.59. The maximum Gasteiger partial charge on any atom is 0.421 e. The average molecular weight is 347 g/mol. The van der Waals surface area contributed by atoms with Gasteiger partial charge in [0.2, 0.25) is 0 Å². The Morgan fingerprint density at radius 3 is 2.08 bits per heavy atom. The molecule has 1 amide bonds. The summed E-state index contributed by atoms with van der Waals surface area (Å²) in [6.07, 6.45) is -0.893. The van der Waals surface area contributed by atoms with E-state index in [0.29, 0.717) is 16.2 Å². The SMILES string of the molecule is O=CCC(CN(C(=O)O)S(=O)(=O)c1ccccc1)c1ccccc1. The zero-order valence-electron chi connectivity index (χ0n) is 12.8. The zero-order valence-corrected chi connectivity index (χ0v) is 13.6. The van der Waals surface area contributed by atoms with Gasteiger partial charge in [-0.2, -0.15) is 4.31 Å². The standard InChI is InChI=1S/C17H17NO5S/c19-12-11-15(14-7-3-1-4-8-14)13-18(17(20)21)24(22,23)16-9-5-2-6-10-16/h1-10,12,15H,11,13H2,(H,20,21). The van der Waals surface area contributed by atoms with Crippen molar-refractivity contribution in [2.75, 3.05) is 6.54 Å². The Kier molecular flexibility index (Phi) is 5.70. The normalized spacial score (nSPS) is 12.3. The number of sulfonamides is 1. The number of rotatable bonds is 7. The summed E-state index contributed by atoms with van der Waals surface area (Å²) in [5, 5.41) is 9.39. The summed E-state index contributed by atoms with van der Waals surface area (Å²) >= 11 is 0. The Bertz CT molecular complexity index is 790. The largest absolute Gasteiger partial charge is 0.464 e. The number of carbonyl (C=O) groups excluding carboxylic acids is 1. The molecule has 0 radical (unpaired) electrons. The van der Waals surface area contributed by atoms with Gasteiger partial charge < -0.3 is 9.90 Å². The third-order valence-corrected chi connectivity index (χ3v) is 5.34. The summed E-state index contributed by atoms with van der Waals surface area (Å²) in [4.78, 5) is 22.4. The lowest BCUT2D eigenvalue weighted by Gasteiger charge is -2.24. The first-order valence-electron chi connectivity index (χ1n) is 7.26. The van der Waals surface area contributed by atoms with Gasteiger partial charge in [0.05, 0.1) is 4.90 Å². The highest BCUT2D eigenvalue weighted by Crippen LogP contribution is 2.24. The van der Waals surface area contributed by atoms with E-state index in [-0.39, 0.29) is 17.9 Å². The molecule has 2 aromatic carbocycles. The van der Waals surface area contributed by atoms with Crippen molar-refractivity contribution in [1.82, 2.24) is 4.31 Å². The first-order chi connectivity index (χ1) is 11.5. The molecule has 1 atom stereocenters. The Morgan fingerprint density at radius 1 is 1.04 bits per heavy atom. The lowest BCUT2D eigenvalue weighted by Crippen LogP contribution is -2.39. The molecular formula is C17H17NO5S. The highest BCUT2D eigenvalue weighted by molar-refractivity contribution is 7.89. The van der Waals surface area contributed by atoms with Crippen LogP contribution in [0.3, 0.4) is 0 Å². The van der Waals surface area contributed by atoms with Crippen molar-refractivity contribution in [2.24, 2.45) is 0 Å². The second-order valence-electron chi connectivity index (χ2n) is 5.14. The maximum absolute atomic E-state index is 12.6. The van der Waals surface area contributed by atoms with Crippen LogP contribution in [-0.2, 0) is 14.8 Å². The molecule has 0 aliphatic heterocycles. The zero-order chi connectivity index (χ0) is 17.6. The fraction of sp³-hybridized carbons (Fsp3) is 0.176. The lowest BCUT2D eigenvalue weighted by atomic mass is 9.96. The summed E-state index contributed by atoms with van der Waals surface area (Å²) < 4.78 is 25.6. The van der Waals surface area contributed by atoms with Crippen LogP contribution in [0.25, 0.3) is 0 Å². The minimum atomic E-state index is -4.20. The van der Waals surface area contributed by atoms with Gasteiger partial charge >= 0.3 is 6.09 Å². The Hall–Kier alpha value is -2.67. The minimum absolute atomic E-state index is 0.0259. The van der Waals surface area contributed by atoms with Crippen molar-refractivity contribution in [3.8, 4) is 0 Å². The molecule has 0 heterocycles. The molecule has 0 spiro atoms. The number of benzene rings is 2. The molecule has 0 saturated carbocycles. The van der Waals surface area contributed by atoms with Gasteiger partial charge in [0, 0.05) is 18.9 Å². The van der Waals surface area contributed by atoms with Gasteiger partial charge in [-0.15, -0.1) is 0 Å². The van der Waals surface area contributed by atoms with Crippen molar-refractivity contribution < 1.29 is 23.1 Å². The molecule has 1 N–H and O–H groups in total. The second kappa shape index (κ2) is 7.74. The van der Waals surface area contributed by atoms with E-state index in [4.69, 9.17) is 0 Å². The fourth-order valence-corrected chi connectivity index (χ4v) is 3.69. The predicted octanol–water partition coefficient (Wildman–Crippen LogP) is 2.73. The van der Waals surface area contributed by atoms with Crippen LogP contribution in [0.1, 0.15) is 17.9 Å². The predicted molar refractivity (Wildman–Crippen MR) is 88.2 cm³/mol. The van der Waals surface area contributed by atoms with E-state index in [2.05, 4.69) is 0 Å². The molecule has 0 saturated heterocycles. The van der Waals surface area contributed by atoms with Crippen LogP contribution in [0.2, 0.25) is 0 Å². The van der Waals surface area contributed by atoms with Gasteiger partial charge in [0.25, 0.3) is 10.0 Å². The molecule has 6 nitrogen and oxygen atoms in total. The van der Waals surface area contributed by atoms with Crippen molar-refractivity contribution in [3.63, 3.8) is 0 Å².